The Labute approximate surface area is 61.4 Å². The summed E-state index contributed by atoms with van der Waals surface area (Å²) in [5.74, 6) is 0.155. The van der Waals surface area contributed by atoms with E-state index in [4.69, 9.17) is 0 Å². The molecule has 0 aromatic rings. The normalized spacial score (nSPS) is 13.2. The summed E-state index contributed by atoms with van der Waals surface area (Å²) >= 11 is 4.14. The van der Waals surface area contributed by atoms with Crippen LogP contribution in [0.2, 0.25) is 0 Å². The molecule has 0 bridgehead atoms. The standard InChI is InChI=1S/C6H13NOS/c1-3-6(9)7-4-5(2)8/h6-7,9H,3-4H2,1-2H3. The maximum Gasteiger partial charge on any atom is 0.143 e. The van der Waals surface area contributed by atoms with Gasteiger partial charge in [0.25, 0.3) is 0 Å². The summed E-state index contributed by atoms with van der Waals surface area (Å²) in [6.45, 7) is 4.01. The van der Waals surface area contributed by atoms with Crippen LogP contribution in [0.15, 0.2) is 0 Å². The highest BCUT2D eigenvalue weighted by Crippen LogP contribution is 1.93. The third-order valence-electron chi connectivity index (χ3n) is 0.973. The Morgan fingerprint density at radius 1 is 1.78 bits per heavy atom. The van der Waals surface area contributed by atoms with Gasteiger partial charge < -0.3 is 0 Å². The van der Waals surface area contributed by atoms with Gasteiger partial charge in [0.1, 0.15) is 5.78 Å². The Bertz CT molecular complexity index is 95.1. The van der Waals surface area contributed by atoms with Crippen molar-refractivity contribution in [2.24, 2.45) is 0 Å². The van der Waals surface area contributed by atoms with Gasteiger partial charge in [-0.2, -0.15) is 12.6 Å². The quantitative estimate of drug-likeness (QED) is 0.455. The van der Waals surface area contributed by atoms with Gasteiger partial charge in [-0.05, 0) is 13.3 Å². The zero-order chi connectivity index (χ0) is 7.28. The maximum atomic E-state index is 10.4. The number of hydrogen-bond donors (Lipinski definition) is 2. The molecule has 0 aliphatic carbocycles. The topological polar surface area (TPSA) is 29.1 Å². The van der Waals surface area contributed by atoms with E-state index in [9.17, 15) is 4.79 Å². The molecule has 0 aromatic heterocycles. The summed E-state index contributed by atoms with van der Waals surface area (Å²) in [5.41, 5.74) is 0. The fraction of sp³-hybridized carbons (Fsp3) is 0.833. The van der Waals surface area contributed by atoms with E-state index in [1.165, 1.54) is 0 Å². The molecular weight excluding hydrogens is 134 g/mol. The molecule has 0 rings (SSSR count). The molecule has 0 saturated heterocycles. The second-order valence-electron chi connectivity index (χ2n) is 2.01. The molecule has 1 unspecified atom stereocenters. The maximum absolute atomic E-state index is 10.4. The van der Waals surface area contributed by atoms with Crippen molar-refractivity contribution < 1.29 is 4.79 Å². The minimum atomic E-state index is 0.155. The summed E-state index contributed by atoms with van der Waals surface area (Å²) in [5, 5.41) is 3.11. The van der Waals surface area contributed by atoms with Crippen LogP contribution in [-0.2, 0) is 4.79 Å². The highest BCUT2D eigenvalue weighted by atomic mass is 32.1. The van der Waals surface area contributed by atoms with Gasteiger partial charge in [0, 0.05) is 0 Å². The first-order valence-corrected chi connectivity index (χ1v) is 3.59. The third-order valence-corrected chi connectivity index (χ3v) is 1.52. The zero-order valence-corrected chi connectivity index (χ0v) is 6.74. The molecule has 0 aliphatic rings. The van der Waals surface area contributed by atoms with Crippen molar-refractivity contribution in [2.45, 2.75) is 25.6 Å². The Kier molecular flexibility index (Phi) is 4.81. The van der Waals surface area contributed by atoms with Crippen molar-refractivity contribution >= 4 is 18.4 Å². The molecule has 0 heterocycles. The summed E-state index contributed by atoms with van der Waals surface area (Å²) in [6, 6.07) is 0. The van der Waals surface area contributed by atoms with Crippen LogP contribution >= 0.6 is 12.6 Å². The number of nitrogens with one attached hydrogen (secondary N) is 1. The van der Waals surface area contributed by atoms with Crippen LogP contribution in [0.1, 0.15) is 20.3 Å². The number of rotatable bonds is 4. The molecule has 3 heteroatoms. The Morgan fingerprint density at radius 2 is 2.33 bits per heavy atom. The SMILES string of the molecule is CCC(S)NCC(C)=O. The summed E-state index contributed by atoms with van der Waals surface area (Å²) < 4.78 is 0. The molecule has 0 saturated carbocycles. The van der Waals surface area contributed by atoms with Gasteiger partial charge >= 0.3 is 0 Å². The first-order chi connectivity index (χ1) is 4.16. The molecule has 0 spiro atoms. The molecular formula is C6H13NOS. The fourth-order valence-corrected chi connectivity index (χ4v) is 0.497. The summed E-state index contributed by atoms with van der Waals surface area (Å²) in [4.78, 5) is 10.4. The number of carbonyl (C=O) groups is 1. The van der Waals surface area contributed by atoms with Gasteiger partial charge in [-0.1, -0.05) is 6.92 Å². The molecule has 0 fully saturated rings. The van der Waals surface area contributed by atoms with E-state index < -0.39 is 0 Å². The van der Waals surface area contributed by atoms with Gasteiger partial charge in [-0.25, -0.2) is 0 Å². The van der Waals surface area contributed by atoms with Gasteiger partial charge in [-0.3, -0.25) is 10.1 Å². The van der Waals surface area contributed by atoms with E-state index in [0.29, 0.717) is 6.54 Å². The lowest BCUT2D eigenvalue weighted by Gasteiger charge is -2.06. The fourth-order valence-electron chi connectivity index (χ4n) is 0.406. The monoisotopic (exact) mass is 147 g/mol. The van der Waals surface area contributed by atoms with Crippen molar-refractivity contribution in [2.75, 3.05) is 6.54 Å². The lowest BCUT2D eigenvalue weighted by atomic mass is 10.4. The van der Waals surface area contributed by atoms with Crippen LogP contribution in [-0.4, -0.2) is 17.7 Å². The number of Topliss-reactive ketones (excluding diaryl/α,β-unsaturated/α-hetero) is 1. The Hall–Kier alpha value is -0.0200. The Morgan fingerprint density at radius 3 is 2.67 bits per heavy atom. The molecule has 0 radical (unpaired) electrons. The highest BCUT2D eigenvalue weighted by Gasteiger charge is 1.97. The predicted molar refractivity (Wildman–Crippen MR) is 41.7 cm³/mol. The van der Waals surface area contributed by atoms with E-state index in [0.717, 1.165) is 6.42 Å². The lowest BCUT2D eigenvalue weighted by molar-refractivity contribution is -0.116. The molecule has 2 nitrogen and oxygen atoms in total. The smallest absolute Gasteiger partial charge is 0.143 e. The van der Waals surface area contributed by atoms with Crippen LogP contribution < -0.4 is 5.32 Å². The molecule has 0 aliphatic heterocycles. The first-order valence-electron chi connectivity index (χ1n) is 3.07. The second kappa shape index (κ2) is 4.82. The minimum absolute atomic E-state index is 0.155. The van der Waals surface area contributed by atoms with Crippen molar-refractivity contribution in [3.8, 4) is 0 Å². The van der Waals surface area contributed by atoms with Crippen LogP contribution in [0.3, 0.4) is 0 Å². The van der Waals surface area contributed by atoms with Crippen LogP contribution in [0, 0.1) is 0 Å². The lowest BCUT2D eigenvalue weighted by Crippen LogP contribution is -2.27. The van der Waals surface area contributed by atoms with Crippen molar-refractivity contribution in [1.82, 2.24) is 5.32 Å². The van der Waals surface area contributed by atoms with Crippen LogP contribution in [0.4, 0.5) is 0 Å². The van der Waals surface area contributed by atoms with Crippen LogP contribution in [0.25, 0.3) is 0 Å². The van der Waals surface area contributed by atoms with E-state index >= 15 is 0 Å². The van der Waals surface area contributed by atoms with E-state index in [1.807, 2.05) is 6.92 Å². The average Bonchev–Trinajstić information content (AvgIpc) is 1.83. The number of hydrogen-bond acceptors (Lipinski definition) is 3. The van der Waals surface area contributed by atoms with Crippen molar-refractivity contribution in [1.29, 1.82) is 0 Å². The average molecular weight is 147 g/mol. The van der Waals surface area contributed by atoms with Gasteiger partial charge in [0.2, 0.25) is 0 Å². The highest BCUT2D eigenvalue weighted by molar-refractivity contribution is 7.80. The van der Waals surface area contributed by atoms with Crippen molar-refractivity contribution in [3.05, 3.63) is 0 Å². The van der Waals surface area contributed by atoms with E-state index in [2.05, 4.69) is 17.9 Å². The molecule has 1 atom stereocenters. The largest absolute Gasteiger partial charge is 0.299 e. The molecule has 9 heavy (non-hydrogen) atoms. The third kappa shape index (κ3) is 5.86. The van der Waals surface area contributed by atoms with Gasteiger partial charge in [-0.15, -0.1) is 0 Å². The predicted octanol–water partition coefficient (Wildman–Crippen LogP) is 0.831. The minimum Gasteiger partial charge on any atom is -0.299 e. The van der Waals surface area contributed by atoms with Gasteiger partial charge in [0.15, 0.2) is 0 Å². The Balaban J connectivity index is 3.16. The second-order valence-corrected chi connectivity index (χ2v) is 2.63. The van der Waals surface area contributed by atoms with E-state index in [-0.39, 0.29) is 11.2 Å². The number of carbonyl (C=O) groups excluding carboxylic acids is 1. The molecule has 1 N–H and O–H groups in total. The number of ketones is 1. The van der Waals surface area contributed by atoms with Gasteiger partial charge in [0.05, 0.1) is 11.9 Å². The molecule has 0 amide bonds. The van der Waals surface area contributed by atoms with Crippen molar-refractivity contribution in [3.63, 3.8) is 0 Å². The summed E-state index contributed by atoms with van der Waals surface area (Å²) in [6.07, 6.45) is 0.941. The zero-order valence-electron chi connectivity index (χ0n) is 5.85. The van der Waals surface area contributed by atoms with Crippen LogP contribution in [0.5, 0.6) is 0 Å². The summed E-state index contributed by atoms with van der Waals surface area (Å²) in [7, 11) is 0. The first kappa shape index (κ1) is 8.98. The molecule has 54 valence electrons. The van der Waals surface area contributed by atoms with E-state index in [1.54, 1.807) is 6.92 Å². The number of thiol groups is 1. The molecule has 0 aromatic carbocycles.